The summed E-state index contributed by atoms with van der Waals surface area (Å²) in [6.45, 7) is 3.39. The Hall–Kier alpha value is -1.36. The number of carbonyl (C=O) groups excluding carboxylic acids is 1. The average Bonchev–Trinajstić information content (AvgIpc) is 2.35. The monoisotopic (exact) mass is 327 g/mol. The Morgan fingerprint density at radius 1 is 1.42 bits per heavy atom. The van der Waals surface area contributed by atoms with Gasteiger partial charge in [0.25, 0.3) is 0 Å². The van der Waals surface area contributed by atoms with Crippen LogP contribution >= 0.6 is 15.9 Å². The summed E-state index contributed by atoms with van der Waals surface area (Å²) in [7, 11) is 0. The van der Waals surface area contributed by atoms with Crippen LogP contribution in [0.2, 0.25) is 0 Å². The first kappa shape index (κ1) is 15.7. The molecular formula is C14H18BrNO3. The van der Waals surface area contributed by atoms with Crippen LogP contribution in [0.5, 0.6) is 0 Å². The van der Waals surface area contributed by atoms with Gasteiger partial charge in [-0.25, -0.2) is 0 Å². The molecule has 2 N–H and O–H groups in total. The zero-order chi connectivity index (χ0) is 14.4. The summed E-state index contributed by atoms with van der Waals surface area (Å²) in [5, 5.41) is 11.3. The summed E-state index contributed by atoms with van der Waals surface area (Å²) in [5.74, 6) is -1.45. The molecule has 0 saturated heterocycles. The minimum atomic E-state index is -1.02. The lowest BCUT2D eigenvalue weighted by Crippen LogP contribution is -2.42. The number of benzene rings is 1. The zero-order valence-electron chi connectivity index (χ0n) is 11.0. The van der Waals surface area contributed by atoms with E-state index in [0.717, 1.165) is 10.0 Å². The summed E-state index contributed by atoms with van der Waals surface area (Å²) >= 11 is 3.39. The third-order valence-corrected chi connectivity index (χ3v) is 3.46. The van der Waals surface area contributed by atoms with Crippen molar-refractivity contribution in [2.24, 2.45) is 5.92 Å². The van der Waals surface area contributed by atoms with E-state index in [1.165, 1.54) is 6.92 Å². The van der Waals surface area contributed by atoms with E-state index < -0.39 is 12.0 Å². The van der Waals surface area contributed by atoms with Crippen LogP contribution in [-0.2, 0) is 16.0 Å². The highest BCUT2D eigenvalue weighted by molar-refractivity contribution is 9.10. The van der Waals surface area contributed by atoms with Crippen molar-refractivity contribution in [2.45, 2.75) is 32.7 Å². The zero-order valence-corrected chi connectivity index (χ0v) is 12.6. The van der Waals surface area contributed by atoms with Crippen LogP contribution in [0.1, 0.15) is 25.8 Å². The molecule has 0 saturated carbocycles. The highest BCUT2D eigenvalue weighted by Crippen LogP contribution is 2.17. The molecule has 0 bridgehead atoms. The van der Waals surface area contributed by atoms with Gasteiger partial charge >= 0.3 is 5.97 Å². The fraction of sp³-hybridized carbons (Fsp3) is 0.429. The fourth-order valence-corrected chi connectivity index (χ4v) is 2.21. The van der Waals surface area contributed by atoms with Crippen LogP contribution in [0, 0.1) is 5.92 Å². The molecule has 104 valence electrons. The second kappa shape index (κ2) is 7.28. The summed E-state index contributed by atoms with van der Waals surface area (Å²) in [4.78, 5) is 22.7. The van der Waals surface area contributed by atoms with E-state index in [2.05, 4.69) is 21.2 Å². The van der Waals surface area contributed by atoms with Crippen LogP contribution < -0.4 is 5.32 Å². The number of aliphatic carboxylic acids is 1. The van der Waals surface area contributed by atoms with Crippen molar-refractivity contribution in [3.63, 3.8) is 0 Å². The number of nitrogens with one attached hydrogen (secondary N) is 1. The number of rotatable bonds is 6. The van der Waals surface area contributed by atoms with Crippen molar-refractivity contribution in [3.8, 4) is 0 Å². The predicted molar refractivity (Wildman–Crippen MR) is 76.9 cm³/mol. The lowest BCUT2D eigenvalue weighted by molar-refractivity contribution is -0.141. The van der Waals surface area contributed by atoms with E-state index in [-0.39, 0.29) is 11.8 Å². The Bertz CT molecular complexity index is 462. The third-order valence-electron chi connectivity index (χ3n) is 2.96. The van der Waals surface area contributed by atoms with Crippen LogP contribution in [0.3, 0.4) is 0 Å². The molecule has 0 spiro atoms. The largest absolute Gasteiger partial charge is 0.480 e. The molecule has 0 heterocycles. The Kier molecular flexibility index (Phi) is 6.02. The minimum Gasteiger partial charge on any atom is -0.480 e. The van der Waals surface area contributed by atoms with Gasteiger partial charge in [-0.3, -0.25) is 9.59 Å². The van der Waals surface area contributed by atoms with Crippen LogP contribution in [-0.4, -0.2) is 23.0 Å². The van der Waals surface area contributed by atoms with E-state index in [9.17, 15) is 9.59 Å². The number of carbonyl (C=O) groups is 2. The summed E-state index contributed by atoms with van der Waals surface area (Å²) in [6.07, 6.45) is 1.28. The molecule has 1 aromatic carbocycles. The predicted octanol–water partition coefficient (Wildman–Crippen LogP) is 2.61. The third kappa shape index (κ3) is 5.03. The highest BCUT2D eigenvalue weighted by Gasteiger charge is 2.21. The summed E-state index contributed by atoms with van der Waals surface area (Å²) < 4.78 is 0.971. The van der Waals surface area contributed by atoms with Gasteiger partial charge in [0.1, 0.15) is 6.04 Å². The molecule has 0 aliphatic rings. The van der Waals surface area contributed by atoms with Gasteiger partial charge in [-0.15, -0.1) is 0 Å². The molecule has 0 aromatic heterocycles. The molecule has 4 nitrogen and oxygen atoms in total. The van der Waals surface area contributed by atoms with E-state index in [4.69, 9.17) is 5.11 Å². The first-order chi connectivity index (χ1) is 8.93. The van der Waals surface area contributed by atoms with Crippen molar-refractivity contribution in [3.05, 3.63) is 34.3 Å². The maximum Gasteiger partial charge on any atom is 0.325 e. The first-order valence-corrected chi connectivity index (χ1v) is 7.01. The number of halogens is 1. The van der Waals surface area contributed by atoms with Gasteiger partial charge in [0.2, 0.25) is 5.91 Å². The van der Waals surface area contributed by atoms with Crippen LogP contribution in [0.15, 0.2) is 28.7 Å². The van der Waals surface area contributed by atoms with Crippen molar-refractivity contribution in [2.75, 3.05) is 0 Å². The van der Waals surface area contributed by atoms with Gasteiger partial charge in [-0.2, -0.15) is 0 Å². The molecule has 5 heteroatoms. The lowest BCUT2D eigenvalue weighted by atomic mass is 9.96. The van der Waals surface area contributed by atoms with E-state index >= 15 is 0 Å². The van der Waals surface area contributed by atoms with Gasteiger partial charge in [-0.05, 0) is 37.5 Å². The standard InChI is InChI=1S/C14H18BrNO3/c1-3-11(13(17)16-9(2)14(18)19)7-10-5-4-6-12(15)8-10/h4-6,8-9,11H,3,7H2,1-2H3,(H,16,17)(H,18,19). The normalized spacial score (nSPS) is 13.6. The molecule has 2 unspecified atom stereocenters. The SMILES string of the molecule is CCC(Cc1cccc(Br)c1)C(=O)NC(C)C(=O)O. The van der Waals surface area contributed by atoms with Crippen molar-refractivity contribution in [1.82, 2.24) is 5.32 Å². The Balaban J connectivity index is 2.67. The minimum absolute atomic E-state index is 0.211. The molecule has 0 fully saturated rings. The smallest absolute Gasteiger partial charge is 0.325 e. The topological polar surface area (TPSA) is 66.4 Å². The fourth-order valence-electron chi connectivity index (χ4n) is 1.76. The van der Waals surface area contributed by atoms with Crippen molar-refractivity contribution >= 4 is 27.8 Å². The second-order valence-corrected chi connectivity index (χ2v) is 5.42. The van der Waals surface area contributed by atoms with Gasteiger partial charge < -0.3 is 10.4 Å². The Morgan fingerprint density at radius 2 is 2.11 bits per heavy atom. The van der Waals surface area contributed by atoms with Gasteiger partial charge in [-0.1, -0.05) is 35.0 Å². The molecule has 1 aromatic rings. The quantitative estimate of drug-likeness (QED) is 0.844. The van der Waals surface area contributed by atoms with Crippen LogP contribution in [0.25, 0.3) is 0 Å². The second-order valence-electron chi connectivity index (χ2n) is 4.51. The number of carboxylic acid groups (broad SMARTS) is 1. The molecular weight excluding hydrogens is 310 g/mol. The maximum absolute atomic E-state index is 12.0. The number of carboxylic acids is 1. The summed E-state index contributed by atoms with van der Waals surface area (Å²) in [5.41, 5.74) is 1.05. The first-order valence-electron chi connectivity index (χ1n) is 6.21. The highest BCUT2D eigenvalue weighted by atomic mass is 79.9. The van der Waals surface area contributed by atoms with Crippen molar-refractivity contribution in [1.29, 1.82) is 0 Å². The number of amides is 1. The van der Waals surface area contributed by atoms with E-state index in [0.29, 0.717) is 12.8 Å². The molecule has 0 aliphatic carbocycles. The van der Waals surface area contributed by atoms with E-state index in [1.54, 1.807) is 0 Å². The van der Waals surface area contributed by atoms with Crippen LogP contribution in [0.4, 0.5) is 0 Å². The van der Waals surface area contributed by atoms with Gasteiger partial charge in [0.15, 0.2) is 0 Å². The number of hydrogen-bond acceptors (Lipinski definition) is 2. The van der Waals surface area contributed by atoms with Gasteiger partial charge in [0.05, 0.1) is 0 Å². The Labute approximate surface area is 121 Å². The summed E-state index contributed by atoms with van der Waals surface area (Å²) in [6, 6.07) is 6.92. The lowest BCUT2D eigenvalue weighted by Gasteiger charge is -2.17. The average molecular weight is 328 g/mol. The molecule has 1 rings (SSSR count). The molecule has 0 aliphatic heterocycles. The molecule has 1 amide bonds. The molecule has 0 radical (unpaired) electrons. The number of hydrogen-bond donors (Lipinski definition) is 2. The van der Waals surface area contributed by atoms with Gasteiger partial charge in [0, 0.05) is 10.4 Å². The molecule has 19 heavy (non-hydrogen) atoms. The van der Waals surface area contributed by atoms with E-state index in [1.807, 2.05) is 31.2 Å². The van der Waals surface area contributed by atoms with Crippen molar-refractivity contribution < 1.29 is 14.7 Å². The Morgan fingerprint density at radius 3 is 2.63 bits per heavy atom. The maximum atomic E-state index is 12.0. The molecule has 2 atom stereocenters.